The summed E-state index contributed by atoms with van der Waals surface area (Å²) in [6, 6.07) is 5.53. The average molecular weight is 317 g/mol. The van der Waals surface area contributed by atoms with Crippen LogP contribution in [0.15, 0.2) is 24.5 Å². The van der Waals surface area contributed by atoms with E-state index in [1.165, 1.54) is 6.33 Å². The lowest BCUT2D eigenvalue weighted by molar-refractivity contribution is 0.173. The number of aliphatic hydroxyl groups excluding tert-OH is 1. The van der Waals surface area contributed by atoms with Crippen molar-refractivity contribution >= 4 is 6.03 Å². The van der Waals surface area contributed by atoms with Crippen LogP contribution in [0.1, 0.15) is 35.5 Å². The van der Waals surface area contributed by atoms with Crippen molar-refractivity contribution in [3.8, 4) is 0 Å². The number of hydrogen-bond acceptors (Lipinski definition) is 4. The van der Waals surface area contributed by atoms with Crippen molar-refractivity contribution in [2.45, 2.75) is 40.0 Å². The number of nitrogens with zero attached hydrogens (tertiary/aromatic N) is 3. The number of benzene rings is 1. The van der Waals surface area contributed by atoms with Gasteiger partial charge in [0.15, 0.2) is 0 Å². The summed E-state index contributed by atoms with van der Waals surface area (Å²) < 4.78 is 1.71. The first-order valence-corrected chi connectivity index (χ1v) is 7.64. The van der Waals surface area contributed by atoms with Gasteiger partial charge in [0.05, 0.1) is 12.6 Å². The molecule has 0 spiro atoms. The zero-order valence-corrected chi connectivity index (χ0v) is 13.7. The summed E-state index contributed by atoms with van der Waals surface area (Å²) in [5.41, 5.74) is 2.97. The van der Waals surface area contributed by atoms with Crippen molar-refractivity contribution in [1.82, 2.24) is 25.4 Å². The molecular weight excluding hydrogens is 294 g/mol. The van der Waals surface area contributed by atoms with Crippen molar-refractivity contribution < 1.29 is 9.90 Å². The number of carbonyl (C=O) groups is 1. The molecule has 2 aromatic rings. The van der Waals surface area contributed by atoms with Crippen molar-refractivity contribution in [2.24, 2.45) is 0 Å². The Morgan fingerprint density at radius 2 is 1.96 bits per heavy atom. The van der Waals surface area contributed by atoms with E-state index in [0.717, 1.165) is 16.7 Å². The number of aryl methyl sites for hydroxylation is 3. The van der Waals surface area contributed by atoms with E-state index < -0.39 is 6.10 Å². The predicted molar refractivity (Wildman–Crippen MR) is 86.8 cm³/mol. The smallest absolute Gasteiger partial charge is 0.315 e. The molecular formula is C16H23N5O2. The molecule has 0 aliphatic rings. The fraction of sp³-hybridized carbons (Fsp3) is 0.438. The van der Waals surface area contributed by atoms with Gasteiger partial charge in [0.1, 0.15) is 12.2 Å². The van der Waals surface area contributed by atoms with Gasteiger partial charge in [-0.2, -0.15) is 5.10 Å². The minimum Gasteiger partial charge on any atom is -0.387 e. The number of carbonyl (C=O) groups excluding carboxylic acids is 1. The quantitative estimate of drug-likeness (QED) is 0.752. The summed E-state index contributed by atoms with van der Waals surface area (Å²) in [6.45, 7) is 7.05. The van der Waals surface area contributed by atoms with E-state index in [-0.39, 0.29) is 12.6 Å². The molecule has 23 heavy (non-hydrogen) atoms. The number of hydrogen-bond donors (Lipinski definition) is 3. The Bertz CT molecular complexity index is 648. The Kier molecular flexibility index (Phi) is 5.70. The molecule has 0 radical (unpaired) electrons. The van der Waals surface area contributed by atoms with Gasteiger partial charge in [0.2, 0.25) is 0 Å². The highest BCUT2D eigenvalue weighted by atomic mass is 16.3. The van der Waals surface area contributed by atoms with Crippen LogP contribution in [-0.4, -0.2) is 32.4 Å². The van der Waals surface area contributed by atoms with Crippen molar-refractivity contribution in [3.05, 3.63) is 47.0 Å². The number of rotatable bonds is 6. The minimum atomic E-state index is -0.737. The van der Waals surface area contributed by atoms with Crippen LogP contribution < -0.4 is 10.6 Å². The summed E-state index contributed by atoms with van der Waals surface area (Å²) in [5.74, 6) is 0.692. The highest BCUT2D eigenvalue weighted by Crippen LogP contribution is 2.16. The molecule has 7 heteroatoms. The molecule has 1 aromatic carbocycles. The highest BCUT2D eigenvalue weighted by molar-refractivity contribution is 5.73. The summed E-state index contributed by atoms with van der Waals surface area (Å²) >= 11 is 0. The fourth-order valence-corrected chi connectivity index (χ4v) is 2.42. The summed E-state index contributed by atoms with van der Waals surface area (Å²) in [7, 11) is 0. The lowest BCUT2D eigenvalue weighted by atomic mass is 10.0. The molecule has 3 N–H and O–H groups in total. The number of nitrogens with one attached hydrogen (secondary N) is 2. The number of aliphatic hydroxyl groups is 1. The summed E-state index contributed by atoms with van der Waals surface area (Å²) in [5, 5.41) is 19.6. The maximum atomic E-state index is 11.8. The van der Waals surface area contributed by atoms with Gasteiger partial charge in [-0.25, -0.2) is 14.5 Å². The van der Waals surface area contributed by atoms with E-state index >= 15 is 0 Å². The van der Waals surface area contributed by atoms with E-state index in [2.05, 4.69) is 20.7 Å². The van der Waals surface area contributed by atoms with Crippen LogP contribution in [-0.2, 0) is 13.1 Å². The van der Waals surface area contributed by atoms with E-state index in [4.69, 9.17) is 0 Å². The van der Waals surface area contributed by atoms with Crippen LogP contribution in [0, 0.1) is 13.8 Å². The third-order valence-corrected chi connectivity index (χ3v) is 3.49. The highest BCUT2D eigenvalue weighted by Gasteiger charge is 2.11. The van der Waals surface area contributed by atoms with Crippen molar-refractivity contribution in [1.29, 1.82) is 0 Å². The maximum absolute atomic E-state index is 11.8. The molecule has 0 aliphatic heterocycles. The minimum absolute atomic E-state index is 0.148. The molecule has 1 aromatic heterocycles. The van der Waals surface area contributed by atoms with Crippen LogP contribution in [0.5, 0.6) is 0 Å². The summed E-state index contributed by atoms with van der Waals surface area (Å²) in [4.78, 5) is 15.9. The Balaban J connectivity index is 1.81. The first-order chi connectivity index (χ1) is 11.0. The van der Waals surface area contributed by atoms with E-state index in [1.54, 1.807) is 4.68 Å². The largest absolute Gasteiger partial charge is 0.387 e. The van der Waals surface area contributed by atoms with Crippen molar-refractivity contribution in [3.63, 3.8) is 0 Å². The molecule has 124 valence electrons. The Hall–Kier alpha value is -2.41. The Morgan fingerprint density at radius 1 is 1.26 bits per heavy atom. The van der Waals surface area contributed by atoms with Gasteiger partial charge in [-0.15, -0.1) is 0 Å². The molecule has 0 saturated carbocycles. The van der Waals surface area contributed by atoms with Gasteiger partial charge in [-0.1, -0.05) is 29.3 Å². The molecule has 0 unspecified atom stereocenters. The van der Waals surface area contributed by atoms with Crippen LogP contribution in [0.3, 0.4) is 0 Å². The first kappa shape index (κ1) is 17.0. The lowest BCUT2D eigenvalue weighted by Gasteiger charge is -2.14. The van der Waals surface area contributed by atoms with Crippen LogP contribution in [0.25, 0.3) is 0 Å². The topological polar surface area (TPSA) is 92.1 Å². The fourth-order valence-electron chi connectivity index (χ4n) is 2.42. The van der Waals surface area contributed by atoms with E-state index in [1.807, 2.05) is 39.0 Å². The third-order valence-electron chi connectivity index (χ3n) is 3.49. The molecule has 1 heterocycles. The zero-order chi connectivity index (χ0) is 16.8. The van der Waals surface area contributed by atoms with Gasteiger partial charge >= 0.3 is 6.03 Å². The van der Waals surface area contributed by atoms with Crippen LogP contribution >= 0.6 is 0 Å². The van der Waals surface area contributed by atoms with E-state index in [0.29, 0.717) is 18.9 Å². The second-order valence-electron chi connectivity index (χ2n) is 5.49. The molecule has 0 saturated heterocycles. The average Bonchev–Trinajstić information content (AvgIpc) is 2.97. The Labute approximate surface area is 135 Å². The zero-order valence-electron chi connectivity index (χ0n) is 13.7. The monoisotopic (exact) mass is 317 g/mol. The lowest BCUT2D eigenvalue weighted by Crippen LogP contribution is -2.38. The van der Waals surface area contributed by atoms with Crippen LogP contribution in [0.2, 0.25) is 0 Å². The predicted octanol–water partition coefficient (Wildman–Crippen LogP) is 1.45. The molecule has 1 atom stereocenters. The second-order valence-corrected chi connectivity index (χ2v) is 5.49. The van der Waals surface area contributed by atoms with E-state index in [9.17, 15) is 9.90 Å². The first-order valence-electron chi connectivity index (χ1n) is 7.64. The number of aromatic nitrogens is 3. The molecule has 0 aliphatic carbocycles. The molecule has 2 rings (SSSR count). The van der Waals surface area contributed by atoms with Gasteiger partial charge in [0, 0.05) is 13.1 Å². The van der Waals surface area contributed by atoms with Gasteiger partial charge < -0.3 is 15.7 Å². The number of amides is 2. The normalized spacial score (nSPS) is 12.0. The third kappa shape index (κ3) is 4.79. The second kappa shape index (κ2) is 7.73. The summed E-state index contributed by atoms with van der Waals surface area (Å²) in [6.07, 6.45) is 0.723. The molecule has 2 amide bonds. The Morgan fingerprint density at radius 3 is 2.61 bits per heavy atom. The molecule has 7 nitrogen and oxygen atoms in total. The maximum Gasteiger partial charge on any atom is 0.315 e. The van der Waals surface area contributed by atoms with Gasteiger partial charge in [-0.05, 0) is 26.3 Å². The molecule has 0 fully saturated rings. The van der Waals surface area contributed by atoms with Crippen molar-refractivity contribution in [2.75, 3.05) is 6.54 Å². The van der Waals surface area contributed by atoms with Crippen LogP contribution in [0.4, 0.5) is 4.79 Å². The SMILES string of the molecule is CCn1ncnc1CNC(=O)NC[C@H](O)c1cc(C)cc(C)c1. The number of urea groups is 1. The molecule has 0 bridgehead atoms. The standard InChI is InChI=1S/C16H23N5O2/c1-4-21-15(19-10-20-21)9-18-16(23)17-8-14(22)13-6-11(2)5-12(3)7-13/h5-7,10,14,22H,4,8-9H2,1-3H3,(H2,17,18,23)/t14-/m0/s1. The van der Waals surface area contributed by atoms with Gasteiger partial charge in [0.25, 0.3) is 0 Å². The van der Waals surface area contributed by atoms with Gasteiger partial charge in [-0.3, -0.25) is 0 Å².